The first-order valence-electron chi connectivity index (χ1n) is 1.83. The van der Waals surface area contributed by atoms with Crippen molar-refractivity contribution < 1.29 is 14.7 Å². The first-order chi connectivity index (χ1) is 3.55. The number of hydrogen-bond acceptors (Lipinski definition) is 3. The van der Waals surface area contributed by atoms with Gasteiger partial charge in [-0.05, 0) is 0 Å². The van der Waals surface area contributed by atoms with Crippen LogP contribution in [0.15, 0.2) is 0 Å². The minimum absolute atomic E-state index is 0. The maximum atomic E-state index is 9.86. The maximum absolute atomic E-state index is 9.86. The molecule has 0 bridgehead atoms. The molecule has 5 N–H and O–H groups in total. The smallest absolute Gasteiger partial charge is 0.330 e. The molecular weight excluding hydrogens is 147 g/mol. The molecule has 0 spiro atoms. The van der Waals surface area contributed by atoms with Crippen molar-refractivity contribution in [3.63, 3.8) is 0 Å². The van der Waals surface area contributed by atoms with Crippen LogP contribution >= 0.6 is 12.4 Å². The number of carboxylic acid groups (broad SMARTS) is 1. The third-order valence-corrected chi connectivity index (χ3v) is 0.573. The van der Waals surface area contributed by atoms with Gasteiger partial charge in [0.05, 0.1) is 0 Å². The van der Waals surface area contributed by atoms with Gasteiger partial charge < -0.3 is 16.6 Å². The highest BCUT2D eigenvalue weighted by molar-refractivity contribution is 5.99. The number of nitrogens with two attached hydrogens (primary N) is 2. The van der Waals surface area contributed by atoms with Crippen LogP contribution < -0.4 is 11.5 Å². The fourth-order valence-corrected chi connectivity index (χ4v) is 0.122. The molecule has 0 unspecified atom stereocenters. The van der Waals surface area contributed by atoms with E-state index in [1.807, 2.05) is 0 Å². The van der Waals surface area contributed by atoms with Gasteiger partial charge in [0.25, 0.3) is 0 Å². The highest BCUT2D eigenvalue weighted by atomic mass is 35.5. The fraction of sp³-hybridized carbons (Fsp3) is 0.333. The normalized spacial score (nSPS) is 11.2. The zero-order valence-electron chi connectivity index (χ0n) is 4.40. The fourth-order valence-electron chi connectivity index (χ4n) is 0.122. The summed E-state index contributed by atoms with van der Waals surface area (Å²) in [7, 11) is 0. The van der Waals surface area contributed by atoms with Crippen molar-refractivity contribution in [2.75, 3.05) is 0 Å². The predicted octanol–water partition coefficient (Wildman–Crippen LogP) is -1.69. The van der Waals surface area contributed by atoms with E-state index in [-0.39, 0.29) is 12.4 Å². The Labute approximate surface area is 57.4 Å². The van der Waals surface area contributed by atoms with Crippen molar-refractivity contribution in [1.29, 1.82) is 0 Å². The Bertz CT molecular complexity index is 112. The van der Waals surface area contributed by atoms with Crippen LogP contribution in [0.1, 0.15) is 0 Å². The molecule has 1 atom stereocenters. The summed E-state index contributed by atoms with van der Waals surface area (Å²) in [5.74, 6) is -2.44. The number of rotatable bonds is 2. The Morgan fingerprint density at radius 3 is 1.78 bits per heavy atom. The molecular formula is C3H7ClN2O3. The molecule has 1 amide bonds. The molecule has 0 heterocycles. The van der Waals surface area contributed by atoms with Crippen molar-refractivity contribution in [2.45, 2.75) is 6.04 Å². The SMILES string of the molecule is Cl.NC(=O)[C@@H](N)C(=O)O. The molecule has 0 fully saturated rings. The number of carbonyl (C=O) groups excluding carboxylic acids is 1. The molecule has 0 aromatic heterocycles. The Balaban J connectivity index is 0. The maximum Gasteiger partial charge on any atom is 0.330 e. The van der Waals surface area contributed by atoms with Gasteiger partial charge in [-0.3, -0.25) is 4.79 Å². The number of hydrogen-bond donors (Lipinski definition) is 3. The average Bonchev–Trinajstić information content (AvgIpc) is 1.64. The quantitative estimate of drug-likeness (QED) is 0.413. The Morgan fingerprint density at radius 1 is 1.44 bits per heavy atom. The average molecular weight is 155 g/mol. The van der Waals surface area contributed by atoms with Crippen molar-refractivity contribution in [2.24, 2.45) is 11.5 Å². The summed E-state index contributed by atoms with van der Waals surface area (Å²) in [6.45, 7) is 0. The predicted molar refractivity (Wildman–Crippen MR) is 32.1 cm³/mol. The molecule has 0 aliphatic rings. The summed E-state index contributed by atoms with van der Waals surface area (Å²) < 4.78 is 0. The van der Waals surface area contributed by atoms with Crippen LogP contribution in [0.5, 0.6) is 0 Å². The van der Waals surface area contributed by atoms with Gasteiger partial charge in [-0.25, -0.2) is 4.79 Å². The topological polar surface area (TPSA) is 106 Å². The van der Waals surface area contributed by atoms with Crippen LogP contribution in [-0.2, 0) is 9.59 Å². The Hall–Kier alpha value is -0.810. The minimum atomic E-state index is -1.57. The van der Waals surface area contributed by atoms with Crippen LogP contribution in [0.4, 0.5) is 0 Å². The van der Waals surface area contributed by atoms with E-state index in [2.05, 4.69) is 11.5 Å². The third kappa shape index (κ3) is 3.75. The lowest BCUT2D eigenvalue weighted by atomic mass is 10.3. The van der Waals surface area contributed by atoms with E-state index in [1.54, 1.807) is 0 Å². The summed E-state index contributed by atoms with van der Waals surface area (Å²) >= 11 is 0. The standard InChI is InChI=1S/C3H6N2O3.ClH/c4-1(2(5)6)3(7)8;/h1H,4H2,(H2,5,6)(H,7,8);1H/t1-;/m1./s1. The number of amides is 1. The number of aliphatic carboxylic acids is 1. The van der Waals surface area contributed by atoms with Gasteiger partial charge in [0, 0.05) is 0 Å². The number of carboxylic acids is 1. The van der Waals surface area contributed by atoms with Crippen LogP contribution in [0.3, 0.4) is 0 Å². The van der Waals surface area contributed by atoms with Crippen molar-refractivity contribution in [1.82, 2.24) is 0 Å². The van der Waals surface area contributed by atoms with E-state index >= 15 is 0 Å². The number of halogens is 1. The molecule has 0 rings (SSSR count). The molecule has 0 aliphatic carbocycles. The summed E-state index contributed by atoms with van der Waals surface area (Å²) in [5.41, 5.74) is 9.18. The van der Waals surface area contributed by atoms with Gasteiger partial charge in [0.1, 0.15) is 0 Å². The first-order valence-corrected chi connectivity index (χ1v) is 1.83. The van der Waals surface area contributed by atoms with Gasteiger partial charge in [-0.2, -0.15) is 0 Å². The zero-order valence-corrected chi connectivity index (χ0v) is 5.22. The molecule has 9 heavy (non-hydrogen) atoms. The van der Waals surface area contributed by atoms with E-state index in [0.29, 0.717) is 0 Å². The molecule has 0 aliphatic heterocycles. The highest BCUT2D eigenvalue weighted by Gasteiger charge is 2.16. The van der Waals surface area contributed by atoms with Crippen LogP contribution in [-0.4, -0.2) is 23.0 Å². The van der Waals surface area contributed by atoms with Gasteiger partial charge >= 0.3 is 5.97 Å². The van der Waals surface area contributed by atoms with Gasteiger partial charge in [-0.1, -0.05) is 0 Å². The number of primary amides is 1. The van der Waals surface area contributed by atoms with Crippen LogP contribution in [0.25, 0.3) is 0 Å². The molecule has 0 saturated heterocycles. The Morgan fingerprint density at radius 2 is 1.78 bits per heavy atom. The van der Waals surface area contributed by atoms with E-state index in [9.17, 15) is 9.59 Å². The molecule has 6 heteroatoms. The lowest BCUT2D eigenvalue weighted by Crippen LogP contribution is -2.42. The van der Waals surface area contributed by atoms with Crippen molar-refractivity contribution >= 4 is 24.3 Å². The van der Waals surface area contributed by atoms with Crippen LogP contribution in [0.2, 0.25) is 0 Å². The highest BCUT2D eigenvalue weighted by Crippen LogP contribution is 1.72. The summed E-state index contributed by atoms with van der Waals surface area (Å²) in [5, 5.41) is 7.93. The van der Waals surface area contributed by atoms with Gasteiger partial charge in [-0.15, -0.1) is 12.4 Å². The molecule has 5 nitrogen and oxygen atoms in total. The van der Waals surface area contributed by atoms with Crippen molar-refractivity contribution in [3.8, 4) is 0 Å². The van der Waals surface area contributed by atoms with E-state index < -0.39 is 17.9 Å². The largest absolute Gasteiger partial charge is 0.480 e. The molecule has 0 aromatic carbocycles. The molecule has 54 valence electrons. The Kier molecular flexibility index (Phi) is 5.04. The second kappa shape index (κ2) is 4.11. The van der Waals surface area contributed by atoms with Gasteiger partial charge in [0.2, 0.25) is 5.91 Å². The van der Waals surface area contributed by atoms with E-state index in [4.69, 9.17) is 5.11 Å². The lowest BCUT2D eigenvalue weighted by Gasteiger charge is -1.96. The first kappa shape index (κ1) is 11.0. The minimum Gasteiger partial charge on any atom is -0.480 e. The summed E-state index contributed by atoms with van der Waals surface area (Å²) in [6.07, 6.45) is 0. The number of carbonyl (C=O) groups is 2. The summed E-state index contributed by atoms with van der Waals surface area (Å²) in [6, 6.07) is -1.57. The van der Waals surface area contributed by atoms with E-state index in [0.717, 1.165) is 0 Å². The zero-order chi connectivity index (χ0) is 6.73. The monoisotopic (exact) mass is 154 g/mol. The third-order valence-electron chi connectivity index (χ3n) is 0.573. The second-order valence-corrected chi connectivity index (χ2v) is 1.22. The van der Waals surface area contributed by atoms with Crippen LogP contribution in [0, 0.1) is 0 Å². The second-order valence-electron chi connectivity index (χ2n) is 1.22. The molecule has 0 radical (unpaired) electrons. The lowest BCUT2D eigenvalue weighted by molar-refractivity contribution is -0.141. The van der Waals surface area contributed by atoms with Crippen molar-refractivity contribution in [3.05, 3.63) is 0 Å². The van der Waals surface area contributed by atoms with Gasteiger partial charge in [0.15, 0.2) is 6.04 Å². The van der Waals surface area contributed by atoms with E-state index in [1.165, 1.54) is 0 Å². The molecule has 0 saturated carbocycles. The molecule has 0 aromatic rings. The summed E-state index contributed by atoms with van der Waals surface area (Å²) in [4.78, 5) is 19.6.